The Morgan fingerprint density at radius 3 is 2.53 bits per heavy atom. The molecular weight excluding hydrogens is 216 g/mol. The van der Waals surface area contributed by atoms with E-state index in [0.717, 1.165) is 5.56 Å². The minimum absolute atomic E-state index is 0.114. The average molecular weight is 236 g/mol. The van der Waals surface area contributed by atoms with Gasteiger partial charge in [-0.25, -0.2) is 0 Å². The highest BCUT2D eigenvalue weighted by Crippen LogP contribution is 2.04. The zero-order valence-corrected chi connectivity index (χ0v) is 10.3. The molecule has 0 spiro atoms. The van der Waals surface area contributed by atoms with Crippen molar-refractivity contribution in [1.82, 2.24) is 5.32 Å². The molecule has 4 nitrogen and oxygen atoms in total. The summed E-state index contributed by atoms with van der Waals surface area (Å²) in [6.07, 6.45) is 0.494. The molecule has 0 fully saturated rings. The Balaban J connectivity index is 2.54. The van der Waals surface area contributed by atoms with Crippen molar-refractivity contribution in [3.63, 3.8) is 0 Å². The van der Waals surface area contributed by atoms with Gasteiger partial charge in [-0.3, -0.25) is 4.79 Å². The highest BCUT2D eigenvalue weighted by molar-refractivity contribution is 5.82. The first-order valence-electron chi connectivity index (χ1n) is 5.67. The van der Waals surface area contributed by atoms with Crippen LogP contribution in [0.5, 0.6) is 0 Å². The predicted octanol–water partition coefficient (Wildman–Crippen LogP) is 0.444. The topological polar surface area (TPSA) is 75.3 Å². The molecule has 1 rings (SSSR count). The van der Waals surface area contributed by atoms with Crippen LogP contribution in [0.1, 0.15) is 19.4 Å². The summed E-state index contributed by atoms with van der Waals surface area (Å²) in [5, 5.41) is 11.8. The van der Waals surface area contributed by atoms with Crippen LogP contribution in [-0.2, 0) is 11.2 Å². The summed E-state index contributed by atoms with van der Waals surface area (Å²) >= 11 is 0. The normalized spacial score (nSPS) is 13.2. The van der Waals surface area contributed by atoms with Gasteiger partial charge in [0.15, 0.2) is 0 Å². The second kappa shape index (κ2) is 5.80. The van der Waals surface area contributed by atoms with E-state index in [1.807, 2.05) is 30.3 Å². The van der Waals surface area contributed by atoms with Crippen molar-refractivity contribution in [3.8, 4) is 0 Å². The second-order valence-corrected chi connectivity index (χ2v) is 4.83. The smallest absolute Gasteiger partial charge is 0.237 e. The van der Waals surface area contributed by atoms with Gasteiger partial charge in [-0.05, 0) is 25.8 Å². The fourth-order valence-electron chi connectivity index (χ4n) is 1.43. The van der Waals surface area contributed by atoms with E-state index in [9.17, 15) is 4.79 Å². The number of nitrogens with one attached hydrogen (secondary N) is 1. The van der Waals surface area contributed by atoms with Gasteiger partial charge >= 0.3 is 0 Å². The van der Waals surface area contributed by atoms with E-state index < -0.39 is 11.6 Å². The van der Waals surface area contributed by atoms with E-state index in [-0.39, 0.29) is 12.5 Å². The zero-order valence-electron chi connectivity index (χ0n) is 10.3. The monoisotopic (exact) mass is 236 g/mol. The number of hydrogen-bond acceptors (Lipinski definition) is 3. The summed E-state index contributed by atoms with van der Waals surface area (Å²) in [5.41, 5.74) is 6.21. The van der Waals surface area contributed by atoms with Gasteiger partial charge in [0.1, 0.15) is 0 Å². The summed E-state index contributed by atoms with van der Waals surface area (Å²) in [6, 6.07) is 9.02. The molecule has 1 amide bonds. The van der Waals surface area contributed by atoms with Crippen molar-refractivity contribution < 1.29 is 9.90 Å². The van der Waals surface area contributed by atoms with Gasteiger partial charge in [0.2, 0.25) is 5.91 Å². The van der Waals surface area contributed by atoms with Gasteiger partial charge in [0.05, 0.1) is 18.2 Å². The molecule has 94 valence electrons. The van der Waals surface area contributed by atoms with Gasteiger partial charge in [-0.1, -0.05) is 30.3 Å². The lowest BCUT2D eigenvalue weighted by atomic mass is 10.0. The predicted molar refractivity (Wildman–Crippen MR) is 67.4 cm³/mol. The molecule has 0 aromatic heterocycles. The summed E-state index contributed by atoms with van der Waals surface area (Å²) < 4.78 is 0. The van der Waals surface area contributed by atoms with Crippen LogP contribution in [0.25, 0.3) is 0 Å². The highest BCUT2D eigenvalue weighted by atomic mass is 16.3. The Bertz CT molecular complexity index is 363. The molecule has 4 N–H and O–H groups in total. The number of nitrogens with two attached hydrogens (primary N) is 1. The number of amides is 1. The lowest BCUT2D eigenvalue weighted by Crippen LogP contribution is -2.52. The minimum atomic E-state index is -0.634. The molecule has 4 heteroatoms. The van der Waals surface area contributed by atoms with E-state index in [4.69, 9.17) is 10.8 Å². The third-order valence-electron chi connectivity index (χ3n) is 2.49. The summed E-state index contributed by atoms with van der Waals surface area (Å²) in [5.74, 6) is -0.243. The Morgan fingerprint density at radius 2 is 2.00 bits per heavy atom. The number of hydrogen-bond donors (Lipinski definition) is 3. The maximum atomic E-state index is 11.8. The maximum Gasteiger partial charge on any atom is 0.237 e. The van der Waals surface area contributed by atoms with Gasteiger partial charge < -0.3 is 16.2 Å². The minimum Gasteiger partial charge on any atom is -0.394 e. The van der Waals surface area contributed by atoms with Crippen molar-refractivity contribution in [1.29, 1.82) is 0 Å². The number of carbonyl (C=O) groups excluding carboxylic acids is 1. The third-order valence-corrected chi connectivity index (χ3v) is 2.49. The van der Waals surface area contributed by atoms with E-state index in [2.05, 4.69) is 5.32 Å². The van der Waals surface area contributed by atoms with Gasteiger partial charge in [0, 0.05) is 0 Å². The molecule has 0 aliphatic carbocycles. The average Bonchev–Trinajstić information content (AvgIpc) is 2.30. The number of aliphatic hydroxyl groups excluding tert-OH is 1. The first-order chi connectivity index (χ1) is 7.94. The van der Waals surface area contributed by atoms with Crippen LogP contribution < -0.4 is 11.1 Å². The molecule has 0 aliphatic heterocycles. The third kappa shape index (κ3) is 4.54. The van der Waals surface area contributed by atoms with Crippen LogP contribution in [0.3, 0.4) is 0 Å². The molecular formula is C13H20N2O2. The molecule has 0 unspecified atom stereocenters. The number of aliphatic hydroxyl groups is 1. The molecule has 0 bridgehead atoms. The fraction of sp³-hybridized carbons (Fsp3) is 0.462. The highest BCUT2D eigenvalue weighted by Gasteiger charge is 2.22. The molecule has 17 heavy (non-hydrogen) atoms. The fourth-order valence-corrected chi connectivity index (χ4v) is 1.43. The van der Waals surface area contributed by atoms with Gasteiger partial charge in [-0.2, -0.15) is 0 Å². The van der Waals surface area contributed by atoms with E-state index >= 15 is 0 Å². The number of carbonyl (C=O) groups is 1. The second-order valence-electron chi connectivity index (χ2n) is 4.83. The van der Waals surface area contributed by atoms with E-state index in [1.54, 1.807) is 13.8 Å². The Labute approximate surface area is 102 Å². The van der Waals surface area contributed by atoms with Crippen molar-refractivity contribution in [2.45, 2.75) is 31.8 Å². The molecule has 0 radical (unpaired) electrons. The number of rotatable bonds is 5. The molecule has 1 atom stereocenters. The van der Waals surface area contributed by atoms with Crippen molar-refractivity contribution in [3.05, 3.63) is 35.9 Å². The molecule has 1 aromatic rings. The van der Waals surface area contributed by atoms with Crippen molar-refractivity contribution in [2.24, 2.45) is 5.73 Å². The maximum absolute atomic E-state index is 11.8. The standard InChI is InChI=1S/C13H20N2O2/c1-13(2,9-16)15-12(17)11(14)8-10-6-4-3-5-7-10/h3-7,11,16H,8-9,14H2,1-2H3,(H,15,17)/t11-/m1/s1. The van der Waals surface area contributed by atoms with Crippen molar-refractivity contribution >= 4 is 5.91 Å². The number of benzene rings is 1. The summed E-state index contributed by atoms with van der Waals surface area (Å²) in [4.78, 5) is 11.8. The van der Waals surface area contributed by atoms with Crippen LogP contribution in [0.4, 0.5) is 0 Å². The summed E-state index contributed by atoms with van der Waals surface area (Å²) in [6.45, 7) is 3.39. The first-order valence-corrected chi connectivity index (χ1v) is 5.67. The lowest BCUT2D eigenvalue weighted by Gasteiger charge is -2.25. The molecule has 0 saturated heterocycles. The molecule has 1 aromatic carbocycles. The van der Waals surface area contributed by atoms with Gasteiger partial charge in [-0.15, -0.1) is 0 Å². The molecule has 0 heterocycles. The van der Waals surface area contributed by atoms with Crippen molar-refractivity contribution in [2.75, 3.05) is 6.61 Å². The van der Waals surface area contributed by atoms with E-state index in [1.165, 1.54) is 0 Å². The summed E-state index contributed by atoms with van der Waals surface area (Å²) in [7, 11) is 0. The lowest BCUT2D eigenvalue weighted by molar-refractivity contribution is -0.124. The Hall–Kier alpha value is -1.39. The first kappa shape index (κ1) is 13.7. The van der Waals surface area contributed by atoms with Crippen LogP contribution in [0, 0.1) is 0 Å². The molecule has 0 aliphatic rings. The SMILES string of the molecule is CC(C)(CO)NC(=O)[C@H](N)Cc1ccccc1. The molecule has 0 saturated carbocycles. The largest absolute Gasteiger partial charge is 0.394 e. The van der Waals surface area contributed by atoms with Crippen LogP contribution >= 0.6 is 0 Å². The zero-order chi connectivity index (χ0) is 12.9. The van der Waals surface area contributed by atoms with Crippen LogP contribution in [0.2, 0.25) is 0 Å². The van der Waals surface area contributed by atoms with Crippen LogP contribution in [0.15, 0.2) is 30.3 Å². The quantitative estimate of drug-likeness (QED) is 0.694. The Morgan fingerprint density at radius 1 is 1.41 bits per heavy atom. The van der Waals surface area contributed by atoms with E-state index in [0.29, 0.717) is 6.42 Å². The van der Waals surface area contributed by atoms with Gasteiger partial charge in [0.25, 0.3) is 0 Å². The van der Waals surface area contributed by atoms with Crippen LogP contribution in [-0.4, -0.2) is 29.2 Å². The Kier molecular flexibility index (Phi) is 4.66.